The zero-order chi connectivity index (χ0) is 9.68. The summed E-state index contributed by atoms with van der Waals surface area (Å²) in [6.45, 7) is 8.36. The van der Waals surface area contributed by atoms with Gasteiger partial charge in [-0.1, -0.05) is 20.3 Å². The molecule has 1 N–H and O–H groups in total. The number of hydrogen-bond acceptors (Lipinski definition) is 2. The molecule has 13 heavy (non-hydrogen) atoms. The van der Waals surface area contributed by atoms with Crippen LogP contribution in [0.5, 0.6) is 0 Å². The van der Waals surface area contributed by atoms with E-state index in [1.807, 2.05) is 0 Å². The highest BCUT2D eigenvalue weighted by atomic mass is 15.2. The molecule has 2 nitrogen and oxygen atoms in total. The quantitative estimate of drug-likeness (QED) is 0.715. The van der Waals surface area contributed by atoms with Crippen molar-refractivity contribution in [2.75, 3.05) is 26.7 Å². The molecule has 0 spiro atoms. The second-order valence-electron chi connectivity index (χ2n) is 4.60. The molecule has 1 aliphatic heterocycles. The fourth-order valence-electron chi connectivity index (χ4n) is 2.24. The van der Waals surface area contributed by atoms with Gasteiger partial charge in [-0.05, 0) is 32.4 Å². The molecule has 1 aliphatic rings. The van der Waals surface area contributed by atoms with Gasteiger partial charge in [-0.25, -0.2) is 0 Å². The molecule has 0 radical (unpaired) electrons. The summed E-state index contributed by atoms with van der Waals surface area (Å²) in [5.41, 5.74) is 0. The van der Waals surface area contributed by atoms with Gasteiger partial charge in [0.15, 0.2) is 0 Å². The Kier molecular flexibility index (Phi) is 4.74. The van der Waals surface area contributed by atoms with Gasteiger partial charge in [-0.2, -0.15) is 0 Å². The fraction of sp³-hybridized carbons (Fsp3) is 1.00. The molecule has 0 aliphatic carbocycles. The van der Waals surface area contributed by atoms with Gasteiger partial charge in [-0.3, -0.25) is 4.90 Å². The van der Waals surface area contributed by atoms with E-state index < -0.39 is 0 Å². The number of hydrogen-bond donors (Lipinski definition) is 1. The van der Waals surface area contributed by atoms with E-state index in [-0.39, 0.29) is 0 Å². The van der Waals surface area contributed by atoms with E-state index in [2.05, 4.69) is 31.1 Å². The molecule has 1 fully saturated rings. The van der Waals surface area contributed by atoms with Crippen molar-refractivity contribution < 1.29 is 0 Å². The molecule has 0 aromatic heterocycles. The zero-order valence-electron chi connectivity index (χ0n) is 9.34. The molecule has 2 heteroatoms. The molecule has 0 bridgehead atoms. The first-order valence-electron chi connectivity index (χ1n) is 5.62. The summed E-state index contributed by atoms with van der Waals surface area (Å²) in [6.07, 6.45) is 4.20. The zero-order valence-corrected chi connectivity index (χ0v) is 9.34. The highest BCUT2D eigenvalue weighted by Gasteiger charge is 2.21. The monoisotopic (exact) mass is 184 g/mol. The summed E-state index contributed by atoms with van der Waals surface area (Å²) in [5, 5.41) is 3.30. The largest absolute Gasteiger partial charge is 0.318 e. The Labute approximate surface area is 82.7 Å². The van der Waals surface area contributed by atoms with E-state index in [1.54, 1.807) is 0 Å². The molecular formula is C11H24N2. The van der Waals surface area contributed by atoms with Crippen molar-refractivity contribution in [2.45, 2.75) is 39.2 Å². The number of likely N-dealkylation sites (tertiary alicyclic amines) is 1. The van der Waals surface area contributed by atoms with Gasteiger partial charge in [0.1, 0.15) is 0 Å². The van der Waals surface area contributed by atoms with Crippen LogP contribution in [0.3, 0.4) is 0 Å². The van der Waals surface area contributed by atoms with Gasteiger partial charge in [0.25, 0.3) is 0 Å². The topological polar surface area (TPSA) is 15.3 Å². The Morgan fingerprint density at radius 2 is 2.15 bits per heavy atom. The third-order valence-electron chi connectivity index (χ3n) is 2.79. The summed E-state index contributed by atoms with van der Waals surface area (Å²) in [5.74, 6) is 0.803. The SMILES string of the molecule is CNC[C@H]1CCCCN1CC(C)C. The van der Waals surface area contributed by atoms with Crippen molar-refractivity contribution in [2.24, 2.45) is 5.92 Å². The van der Waals surface area contributed by atoms with Crippen LogP contribution < -0.4 is 5.32 Å². The predicted molar refractivity (Wildman–Crippen MR) is 58.0 cm³/mol. The first-order valence-corrected chi connectivity index (χ1v) is 5.62. The highest BCUT2D eigenvalue weighted by molar-refractivity contribution is 4.78. The van der Waals surface area contributed by atoms with E-state index in [4.69, 9.17) is 0 Å². The van der Waals surface area contributed by atoms with Crippen LogP contribution in [0.15, 0.2) is 0 Å². The molecule has 0 aromatic rings. The molecule has 1 atom stereocenters. The Hall–Kier alpha value is -0.0800. The molecule has 1 rings (SSSR count). The van der Waals surface area contributed by atoms with Crippen LogP contribution in [0, 0.1) is 5.92 Å². The maximum Gasteiger partial charge on any atom is 0.0220 e. The molecule has 1 saturated heterocycles. The van der Waals surface area contributed by atoms with Gasteiger partial charge in [-0.15, -0.1) is 0 Å². The average Bonchev–Trinajstić information content (AvgIpc) is 2.08. The lowest BCUT2D eigenvalue weighted by molar-refractivity contribution is 0.131. The maximum atomic E-state index is 3.30. The van der Waals surface area contributed by atoms with Crippen molar-refractivity contribution in [3.8, 4) is 0 Å². The molecule has 0 amide bonds. The van der Waals surface area contributed by atoms with Crippen molar-refractivity contribution in [1.82, 2.24) is 10.2 Å². The Morgan fingerprint density at radius 3 is 2.77 bits per heavy atom. The standard InChI is InChI=1S/C11H24N2/c1-10(2)9-13-7-5-4-6-11(13)8-12-3/h10-12H,4-9H2,1-3H3/t11-/m1/s1. The van der Waals surface area contributed by atoms with Crippen LogP contribution in [0.2, 0.25) is 0 Å². The van der Waals surface area contributed by atoms with Crippen LogP contribution in [0.1, 0.15) is 33.1 Å². The number of nitrogens with zero attached hydrogens (tertiary/aromatic N) is 1. The predicted octanol–water partition coefficient (Wildman–Crippen LogP) is 1.72. The minimum atomic E-state index is 0.793. The van der Waals surface area contributed by atoms with Crippen molar-refractivity contribution in [3.63, 3.8) is 0 Å². The maximum absolute atomic E-state index is 3.30. The molecule has 0 unspecified atom stereocenters. The van der Waals surface area contributed by atoms with Gasteiger partial charge >= 0.3 is 0 Å². The molecular weight excluding hydrogens is 160 g/mol. The van der Waals surface area contributed by atoms with Crippen molar-refractivity contribution >= 4 is 0 Å². The summed E-state index contributed by atoms with van der Waals surface area (Å²) < 4.78 is 0. The van der Waals surface area contributed by atoms with E-state index in [0.29, 0.717) is 0 Å². The van der Waals surface area contributed by atoms with E-state index in [0.717, 1.165) is 18.5 Å². The normalized spacial score (nSPS) is 25.4. The molecule has 0 aromatic carbocycles. The Bertz CT molecular complexity index is 132. The second kappa shape index (κ2) is 5.61. The van der Waals surface area contributed by atoms with Gasteiger partial charge < -0.3 is 5.32 Å². The van der Waals surface area contributed by atoms with Gasteiger partial charge in [0.2, 0.25) is 0 Å². The first kappa shape index (κ1) is 11.0. The number of likely N-dealkylation sites (N-methyl/N-ethyl adjacent to an activating group) is 1. The third-order valence-corrected chi connectivity index (χ3v) is 2.79. The van der Waals surface area contributed by atoms with Crippen LogP contribution in [-0.4, -0.2) is 37.6 Å². The summed E-state index contributed by atoms with van der Waals surface area (Å²) in [6, 6.07) is 0.793. The van der Waals surface area contributed by atoms with Crippen LogP contribution in [0.25, 0.3) is 0 Å². The highest BCUT2D eigenvalue weighted by Crippen LogP contribution is 2.17. The summed E-state index contributed by atoms with van der Waals surface area (Å²) in [4.78, 5) is 2.66. The molecule has 78 valence electrons. The van der Waals surface area contributed by atoms with Gasteiger partial charge in [0, 0.05) is 19.1 Å². The Balaban J connectivity index is 2.36. The van der Waals surface area contributed by atoms with Crippen LogP contribution in [-0.2, 0) is 0 Å². The van der Waals surface area contributed by atoms with Crippen LogP contribution >= 0.6 is 0 Å². The van der Waals surface area contributed by atoms with Crippen molar-refractivity contribution in [3.05, 3.63) is 0 Å². The smallest absolute Gasteiger partial charge is 0.0220 e. The average molecular weight is 184 g/mol. The minimum Gasteiger partial charge on any atom is -0.318 e. The van der Waals surface area contributed by atoms with E-state index in [1.165, 1.54) is 32.4 Å². The lowest BCUT2D eigenvalue weighted by Gasteiger charge is -2.36. The lowest BCUT2D eigenvalue weighted by Crippen LogP contribution is -2.46. The fourth-order valence-corrected chi connectivity index (χ4v) is 2.24. The number of rotatable bonds is 4. The second-order valence-corrected chi connectivity index (χ2v) is 4.60. The van der Waals surface area contributed by atoms with Gasteiger partial charge in [0.05, 0.1) is 0 Å². The third kappa shape index (κ3) is 3.65. The molecule has 1 heterocycles. The van der Waals surface area contributed by atoms with Crippen molar-refractivity contribution in [1.29, 1.82) is 0 Å². The summed E-state index contributed by atoms with van der Waals surface area (Å²) in [7, 11) is 2.06. The number of nitrogens with one attached hydrogen (secondary N) is 1. The van der Waals surface area contributed by atoms with E-state index in [9.17, 15) is 0 Å². The first-order chi connectivity index (χ1) is 6.24. The van der Waals surface area contributed by atoms with Crippen LogP contribution in [0.4, 0.5) is 0 Å². The minimum absolute atomic E-state index is 0.793. The molecule has 0 saturated carbocycles. The summed E-state index contributed by atoms with van der Waals surface area (Å²) >= 11 is 0. The Morgan fingerprint density at radius 1 is 1.38 bits per heavy atom. The van der Waals surface area contributed by atoms with E-state index >= 15 is 0 Å². The lowest BCUT2D eigenvalue weighted by atomic mass is 10.0. The number of piperidine rings is 1.